The molecule has 0 atom stereocenters. The van der Waals surface area contributed by atoms with E-state index in [1.165, 1.54) is 5.56 Å². The average Bonchev–Trinajstić information content (AvgIpc) is 2.00. The number of hydrogen-bond donors (Lipinski definition) is 0. The normalized spacial score (nSPS) is 7.60. The van der Waals surface area contributed by atoms with Crippen molar-refractivity contribution in [3.63, 3.8) is 0 Å². The number of rotatable bonds is 0. The highest BCUT2D eigenvalue weighted by Gasteiger charge is 1.81. The van der Waals surface area contributed by atoms with Crippen LogP contribution in [0.3, 0.4) is 0 Å². The summed E-state index contributed by atoms with van der Waals surface area (Å²) in [5.74, 6) is 0. The standard InChI is InChI=1S/C7H7Br.N2/c1-6-2-4-7(8)5-3-6;1-2/h2-5H,1H3;. The lowest BCUT2D eigenvalue weighted by atomic mass is 10.2. The maximum Gasteiger partial charge on any atom is 0.0175 e. The summed E-state index contributed by atoms with van der Waals surface area (Å²) < 4.78 is 1.14. The molecule has 0 amide bonds. The van der Waals surface area contributed by atoms with Crippen LogP contribution in [0, 0.1) is 17.7 Å². The topological polar surface area (TPSA) is 47.6 Å². The average molecular weight is 199 g/mol. The largest absolute Gasteiger partial charge is 0.0582 e. The van der Waals surface area contributed by atoms with E-state index >= 15 is 0 Å². The second-order valence-electron chi connectivity index (χ2n) is 1.80. The molecule has 0 aliphatic carbocycles. The SMILES string of the molecule is Cc1ccc(Br)cc1.N#N. The fourth-order valence-electron chi connectivity index (χ4n) is 0.533. The van der Waals surface area contributed by atoms with Crippen molar-refractivity contribution in [2.75, 3.05) is 0 Å². The first-order valence-corrected chi connectivity index (χ1v) is 3.50. The Hall–Kier alpha value is -0.880. The lowest BCUT2D eigenvalue weighted by molar-refractivity contribution is 1.15. The summed E-state index contributed by atoms with van der Waals surface area (Å²) in [6.07, 6.45) is 0. The van der Waals surface area contributed by atoms with Gasteiger partial charge in [0.15, 0.2) is 0 Å². The molecule has 52 valence electrons. The van der Waals surface area contributed by atoms with Gasteiger partial charge in [-0.1, -0.05) is 33.6 Å². The van der Waals surface area contributed by atoms with Crippen molar-refractivity contribution in [1.29, 1.82) is 10.8 Å². The Morgan fingerprint density at radius 2 is 1.50 bits per heavy atom. The maximum absolute atomic E-state index is 6.00. The van der Waals surface area contributed by atoms with Gasteiger partial charge in [0.2, 0.25) is 0 Å². The Morgan fingerprint density at radius 3 is 1.80 bits per heavy atom. The predicted molar refractivity (Wildman–Crippen MR) is 42.3 cm³/mol. The summed E-state index contributed by atoms with van der Waals surface area (Å²) in [6.45, 7) is 2.08. The van der Waals surface area contributed by atoms with Gasteiger partial charge in [0.05, 0.1) is 0 Å². The molecule has 0 fully saturated rings. The number of nitrogens with zero attached hydrogens (tertiary/aromatic N) is 2. The zero-order valence-electron chi connectivity index (χ0n) is 5.58. The number of halogens is 1. The number of aryl methyl sites for hydroxylation is 1. The van der Waals surface area contributed by atoms with Crippen molar-refractivity contribution in [1.82, 2.24) is 0 Å². The molecule has 1 rings (SSSR count). The predicted octanol–water partition coefficient (Wildman–Crippen LogP) is 2.79. The van der Waals surface area contributed by atoms with E-state index in [0.717, 1.165) is 4.47 Å². The Bertz CT molecular complexity index is 182. The molecule has 0 bridgehead atoms. The zero-order valence-corrected chi connectivity index (χ0v) is 7.17. The molecule has 0 saturated carbocycles. The molecular weight excluding hydrogens is 192 g/mol. The van der Waals surface area contributed by atoms with Crippen LogP contribution < -0.4 is 0 Å². The molecule has 0 N–H and O–H groups in total. The lowest BCUT2D eigenvalue weighted by Crippen LogP contribution is -1.66. The fourth-order valence-corrected chi connectivity index (χ4v) is 0.798. The van der Waals surface area contributed by atoms with Crippen molar-refractivity contribution in [3.8, 4) is 0 Å². The third-order valence-electron chi connectivity index (χ3n) is 1.01. The summed E-state index contributed by atoms with van der Waals surface area (Å²) in [5.41, 5.74) is 1.30. The second kappa shape index (κ2) is 4.95. The second-order valence-corrected chi connectivity index (χ2v) is 2.71. The van der Waals surface area contributed by atoms with E-state index in [1.54, 1.807) is 0 Å². The Balaban J connectivity index is 0.000000371. The molecule has 1 aromatic rings. The van der Waals surface area contributed by atoms with E-state index in [4.69, 9.17) is 10.8 Å². The molecule has 2 nitrogen and oxygen atoms in total. The highest BCUT2D eigenvalue weighted by Crippen LogP contribution is 2.08. The first-order chi connectivity index (χ1) is 4.79. The van der Waals surface area contributed by atoms with Crippen LogP contribution in [0.25, 0.3) is 0 Å². The van der Waals surface area contributed by atoms with E-state index in [0.29, 0.717) is 0 Å². The smallest absolute Gasteiger partial charge is 0.0175 e. The Kier molecular flexibility index (Phi) is 4.51. The third kappa shape index (κ3) is 3.21. The van der Waals surface area contributed by atoms with Crippen molar-refractivity contribution in [2.45, 2.75) is 6.92 Å². The molecule has 1 aromatic carbocycles. The minimum Gasteiger partial charge on any atom is -0.0582 e. The minimum atomic E-state index is 1.14. The highest BCUT2D eigenvalue weighted by molar-refractivity contribution is 9.10. The first kappa shape index (κ1) is 9.12. The highest BCUT2D eigenvalue weighted by atomic mass is 79.9. The van der Waals surface area contributed by atoms with Crippen molar-refractivity contribution in [2.24, 2.45) is 0 Å². The van der Waals surface area contributed by atoms with Gasteiger partial charge in [-0.25, -0.2) is 0 Å². The van der Waals surface area contributed by atoms with Gasteiger partial charge in [-0.2, -0.15) is 0 Å². The molecule has 0 aliphatic rings. The summed E-state index contributed by atoms with van der Waals surface area (Å²) in [7, 11) is 0. The van der Waals surface area contributed by atoms with Crippen LogP contribution >= 0.6 is 15.9 Å². The van der Waals surface area contributed by atoms with Crippen LogP contribution in [0.1, 0.15) is 5.56 Å². The van der Waals surface area contributed by atoms with Gasteiger partial charge >= 0.3 is 0 Å². The van der Waals surface area contributed by atoms with Crippen molar-refractivity contribution >= 4 is 15.9 Å². The minimum absolute atomic E-state index is 1.14. The van der Waals surface area contributed by atoms with Gasteiger partial charge in [0.25, 0.3) is 0 Å². The summed E-state index contributed by atoms with van der Waals surface area (Å²) in [5, 5.41) is 12.0. The van der Waals surface area contributed by atoms with Crippen LogP contribution in [0.15, 0.2) is 28.7 Å². The van der Waals surface area contributed by atoms with Crippen LogP contribution in [0.2, 0.25) is 0 Å². The van der Waals surface area contributed by atoms with Crippen LogP contribution in [-0.4, -0.2) is 0 Å². The molecule has 0 radical (unpaired) electrons. The zero-order chi connectivity index (χ0) is 7.98. The number of hydrogen-bond acceptors (Lipinski definition) is 2. The van der Waals surface area contributed by atoms with Crippen molar-refractivity contribution in [3.05, 3.63) is 34.3 Å². The summed E-state index contributed by atoms with van der Waals surface area (Å²) in [4.78, 5) is 0. The van der Waals surface area contributed by atoms with Crippen LogP contribution in [-0.2, 0) is 0 Å². The monoisotopic (exact) mass is 198 g/mol. The molecule has 0 aromatic heterocycles. The van der Waals surface area contributed by atoms with Gasteiger partial charge in [0.1, 0.15) is 0 Å². The molecule has 3 heteroatoms. The van der Waals surface area contributed by atoms with Gasteiger partial charge < -0.3 is 0 Å². The fraction of sp³-hybridized carbons (Fsp3) is 0.143. The molecule has 10 heavy (non-hydrogen) atoms. The van der Waals surface area contributed by atoms with Crippen LogP contribution in [0.5, 0.6) is 0 Å². The van der Waals surface area contributed by atoms with Gasteiger partial charge in [0, 0.05) is 15.3 Å². The van der Waals surface area contributed by atoms with E-state index in [2.05, 4.69) is 35.0 Å². The van der Waals surface area contributed by atoms with Crippen molar-refractivity contribution < 1.29 is 0 Å². The Morgan fingerprint density at radius 1 is 1.10 bits per heavy atom. The first-order valence-electron chi connectivity index (χ1n) is 2.71. The molecule has 0 heterocycles. The molecule has 0 spiro atoms. The molecular formula is C7H7BrN2. The quantitative estimate of drug-likeness (QED) is 0.603. The number of benzene rings is 1. The molecule has 0 unspecified atom stereocenters. The summed E-state index contributed by atoms with van der Waals surface area (Å²) >= 11 is 3.35. The Labute approximate surface area is 68.4 Å². The van der Waals surface area contributed by atoms with Gasteiger partial charge in [-0.15, -0.1) is 0 Å². The maximum atomic E-state index is 6.00. The van der Waals surface area contributed by atoms with E-state index in [9.17, 15) is 0 Å². The van der Waals surface area contributed by atoms with Gasteiger partial charge in [-0.3, -0.25) is 0 Å². The van der Waals surface area contributed by atoms with E-state index in [-0.39, 0.29) is 0 Å². The van der Waals surface area contributed by atoms with E-state index in [1.807, 2.05) is 12.1 Å². The van der Waals surface area contributed by atoms with E-state index < -0.39 is 0 Å². The van der Waals surface area contributed by atoms with Crippen LogP contribution in [0.4, 0.5) is 0 Å². The lowest BCUT2D eigenvalue weighted by Gasteiger charge is -1.88. The third-order valence-corrected chi connectivity index (χ3v) is 1.54. The molecule has 0 saturated heterocycles. The summed E-state index contributed by atoms with van der Waals surface area (Å²) in [6, 6.07) is 8.22. The van der Waals surface area contributed by atoms with Gasteiger partial charge in [-0.05, 0) is 19.1 Å². The molecule has 0 aliphatic heterocycles.